The molecule has 0 spiro atoms. The molecule has 2 heteroatoms. The number of fused-ring (bicyclic) bond motifs is 2. The number of hydrogen-bond donors (Lipinski definition) is 1. The first-order valence-corrected chi connectivity index (χ1v) is 7.00. The lowest BCUT2D eigenvalue weighted by Crippen LogP contribution is -2.92. The molecule has 3 aliphatic rings. The Hall–Kier alpha value is -1.02. The SMILES string of the molecule is c1ccc2c(c1)O[C@]13CCCC[C@H]1[C@@H]2[NH2+]CC3. The maximum Gasteiger partial charge on any atom is 0.129 e. The molecular formula is C15H20NO+. The number of hydrogen-bond acceptors (Lipinski definition) is 1. The molecule has 2 bridgehead atoms. The minimum absolute atomic E-state index is 0.187. The van der Waals surface area contributed by atoms with Crippen LogP contribution in [0.25, 0.3) is 0 Å². The Labute approximate surface area is 102 Å². The largest absolute Gasteiger partial charge is 0.486 e. The third kappa shape index (κ3) is 1.30. The van der Waals surface area contributed by atoms with Crippen molar-refractivity contribution in [3.8, 4) is 5.75 Å². The highest BCUT2D eigenvalue weighted by Gasteiger charge is 2.55. The molecular weight excluding hydrogens is 210 g/mol. The van der Waals surface area contributed by atoms with E-state index >= 15 is 0 Å². The van der Waals surface area contributed by atoms with Crippen LogP contribution in [0.5, 0.6) is 5.75 Å². The lowest BCUT2D eigenvalue weighted by Gasteiger charge is -2.52. The van der Waals surface area contributed by atoms with Crippen molar-refractivity contribution in [3.05, 3.63) is 29.8 Å². The summed E-state index contributed by atoms with van der Waals surface area (Å²) < 4.78 is 6.47. The molecule has 4 rings (SSSR count). The van der Waals surface area contributed by atoms with E-state index in [1.165, 1.54) is 44.2 Å². The Morgan fingerprint density at radius 3 is 3.12 bits per heavy atom. The van der Waals surface area contributed by atoms with E-state index in [2.05, 4.69) is 29.6 Å². The Balaban J connectivity index is 1.85. The molecule has 1 saturated heterocycles. The fourth-order valence-corrected chi connectivity index (χ4v) is 4.31. The van der Waals surface area contributed by atoms with Crippen LogP contribution >= 0.6 is 0 Å². The first-order valence-electron chi connectivity index (χ1n) is 7.00. The molecule has 2 heterocycles. The molecule has 0 amide bonds. The molecule has 1 aliphatic carbocycles. The van der Waals surface area contributed by atoms with Crippen LogP contribution in [0.1, 0.15) is 43.7 Å². The van der Waals surface area contributed by atoms with Crippen molar-refractivity contribution in [3.63, 3.8) is 0 Å². The lowest BCUT2D eigenvalue weighted by molar-refractivity contribution is -0.721. The van der Waals surface area contributed by atoms with Gasteiger partial charge in [0, 0.05) is 6.42 Å². The van der Waals surface area contributed by atoms with Gasteiger partial charge in [0.2, 0.25) is 0 Å². The van der Waals surface area contributed by atoms with E-state index in [-0.39, 0.29) is 5.60 Å². The van der Waals surface area contributed by atoms with Gasteiger partial charge in [-0.1, -0.05) is 18.6 Å². The number of nitrogens with two attached hydrogens (primary N) is 1. The van der Waals surface area contributed by atoms with Crippen LogP contribution in [0.2, 0.25) is 0 Å². The molecule has 0 radical (unpaired) electrons. The van der Waals surface area contributed by atoms with Crippen molar-refractivity contribution in [2.75, 3.05) is 6.54 Å². The van der Waals surface area contributed by atoms with Crippen LogP contribution in [-0.4, -0.2) is 12.1 Å². The first-order chi connectivity index (χ1) is 8.39. The third-order valence-electron chi connectivity index (χ3n) is 5.05. The zero-order valence-corrected chi connectivity index (χ0v) is 10.2. The summed E-state index contributed by atoms with van der Waals surface area (Å²) in [4.78, 5) is 0. The van der Waals surface area contributed by atoms with Gasteiger partial charge in [-0.05, 0) is 31.4 Å². The molecule has 2 fully saturated rings. The summed E-state index contributed by atoms with van der Waals surface area (Å²) >= 11 is 0. The average molecular weight is 230 g/mol. The van der Waals surface area contributed by atoms with Gasteiger partial charge < -0.3 is 10.1 Å². The summed E-state index contributed by atoms with van der Waals surface area (Å²) in [7, 11) is 0. The van der Waals surface area contributed by atoms with Gasteiger partial charge in [0.25, 0.3) is 0 Å². The summed E-state index contributed by atoms with van der Waals surface area (Å²) in [5.41, 5.74) is 1.63. The highest BCUT2D eigenvalue weighted by atomic mass is 16.5. The van der Waals surface area contributed by atoms with E-state index in [4.69, 9.17) is 4.74 Å². The second-order valence-electron chi connectivity index (χ2n) is 5.86. The minimum Gasteiger partial charge on any atom is -0.486 e. The summed E-state index contributed by atoms with van der Waals surface area (Å²) in [5.74, 6) is 1.91. The van der Waals surface area contributed by atoms with Crippen molar-refractivity contribution >= 4 is 0 Å². The monoisotopic (exact) mass is 230 g/mol. The molecule has 1 aromatic carbocycles. The molecule has 0 unspecified atom stereocenters. The van der Waals surface area contributed by atoms with Crippen LogP contribution in [0.3, 0.4) is 0 Å². The van der Waals surface area contributed by atoms with Crippen molar-refractivity contribution in [2.24, 2.45) is 5.92 Å². The van der Waals surface area contributed by atoms with Crippen molar-refractivity contribution in [2.45, 2.75) is 43.7 Å². The van der Waals surface area contributed by atoms with Gasteiger partial charge in [-0.2, -0.15) is 0 Å². The number of benzene rings is 1. The van der Waals surface area contributed by atoms with Crippen LogP contribution in [-0.2, 0) is 0 Å². The number of ether oxygens (including phenoxy) is 1. The predicted octanol–water partition coefficient (Wildman–Crippen LogP) is 2.02. The van der Waals surface area contributed by atoms with Gasteiger partial charge in [0.1, 0.15) is 17.4 Å². The van der Waals surface area contributed by atoms with Crippen LogP contribution in [0.15, 0.2) is 24.3 Å². The Morgan fingerprint density at radius 2 is 2.12 bits per heavy atom. The Morgan fingerprint density at radius 1 is 1.18 bits per heavy atom. The zero-order valence-electron chi connectivity index (χ0n) is 10.2. The lowest BCUT2D eigenvalue weighted by atomic mass is 9.65. The van der Waals surface area contributed by atoms with Gasteiger partial charge in [-0.15, -0.1) is 0 Å². The molecule has 2 aliphatic heterocycles. The second-order valence-corrected chi connectivity index (χ2v) is 5.86. The molecule has 2 N–H and O–H groups in total. The van der Waals surface area contributed by atoms with Gasteiger partial charge in [-0.25, -0.2) is 0 Å². The summed E-state index contributed by atoms with van der Waals surface area (Å²) in [5, 5.41) is 2.55. The average Bonchev–Trinajstić information content (AvgIpc) is 2.38. The van der Waals surface area contributed by atoms with E-state index in [1.807, 2.05) is 0 Å². The summed E-state index contributed by atoms with van der Waals surface area (Å²) in [6.45, 7) is 1.23. The standard InChI is InChI=1S/C15H19NO/c1-2-7-13-11(5-1)14-12-6-3-4-8-15(12,17-13)9-10-16-14/h1-2,5,7,12,14,16H,3-4,6,8-10H2/p+1/t12-,14+,15-/m0/s1. The third-order valence-corrected chi connectivity index (χ3v) is 5.05. The topological polar surface area (TPSA) is 25.8 Å². The van der Waals surface area contributed by atoms with Crippen LogP contribution in [0.4, 0.5) is 0 Å². The normalized spacial score (nSPS) is 38.8. The van der Waals surface area contributed by atoms with Crippen molar-refractivity contribution in [1.29, 1.82) is 0 Å². The number of para-hydroxylation sites is 1. The highest BCUT2D eigenvalue weighted by molar-refractivity contribution is 5.39. The zero-order chi connectivity index (χ0) is 11.3. The second kappa shape index (κ2) is 3.49. The fourth-order valence-electron chi connectivity index (χ4n) is 4.31. The van der Waals surface area contributed by atoms with Crippen LogP contribution in [0, 0.1) is 5.92 Å². The first kappa shape index (κ1) is 9.95. The summed E-state index contributed by atoms with van der Waals surface area (Å²) in [6.07, 6.45) is 6.61. The maximum atomic E-state index is 6.47. The molecule has 3 atom stereocenters. The molecule has 1 saturated carbocycles. The molecule has 17 heavy (non-hydrogen) atoms. The fraction of sp³-hybridized carbons (Fsp3) is 0.600. The minimum atomic E-state index is 0.187. The quantitative estimate of drug-likeness (QED) is 0.725. The predicted molar refractivity (Wildman–Crippen MR) is 65.9 cm³/mol. The number of piperidine rings is 1. The summed E-state index contributed by atoms with van der Waals surface area (Å²) in [6, 6.07) is 9.34. The Bertz CT molecular complexity index is 440. The smallest absolute Gasteiger partial charge is 0.129 e. The van der Waals surface area contributed by atoms with E-state index in [1.54, 1.807) is 0 Å². The molecule has 90 valence electrons. The van der Waals surface area contributed by atoms with Gasteiger partial charge >= 0.3 is 0 Å². The maximum absolute atomic E-state index is 6.47. The molecule has 1 aromatic rings. The Kier molecular flexibility index (Phi) is 2.04. The van der Waals surface area contributed by atoms with E-state index in [0.29, 0.717) is 6.04 Å². The van der Waals surface area contributed by atoms with E-state index in [0.717, 1.165) is 11.7 Å². The highest BCUT2D eigenvalue weighted by Crippen LogP contribution is 2.51. The van der Waals surface area contributed by atoms with Gasteiger partial charge in [0.15, 0.2) is 0 Å². The molecule has 0 aromatic heterocycles. The van der Waals surface area contributed by atoms with Crippen LogP contribution < -0.4 is 10.1 Å². The number of rotatable bonds is 0. The van der Waals surface area contributed by atoms with Gasteiger partial charge in [0.05, 0.1) is 18.0 Å². The van der Waals surface area contributed by atoms with Crippen molar-refractivity contribution in [1.82, 2.24) is 0 Å². The molecule has 2 nitrogen and oxygen atoms in total. The van der Waals surface area contributed by atoms with E-state index in [9.17, 15) is 0 Å². The van der Waals surface area contributed by atoms with E-state index < -0.39 is 0 Å². The van der Waals surface area contributed by atoms with Gasteiger partial charge in [-0.3, -0.25) is 0 Å². The number of quaternary nitrogens is 1. The van der Waals surface area contributed by atoms with Crippen molar-refractivity contribution < 1.29 is 10.1 Å².